The number of nitrogens with one attached hydrogen (secondary N) is 1. The van der Waals surface area contributed by atoms with Gasteiger partial charge in [0.2, 0.25) is 0 Å². The molecule has 2 rings (SSSR count). The van der Waals surface area contributed by atoms with Crippen molar-refractivity contribution in [1.29, 1.82) is 0 Å². The molecule has 0 aliphatic carbocycles. The molecular formula is C8H13N3O. The van der Waals surface area contributed by atoms with E-state index in [1.807, 2.05) is 6.20 Å². The van der Waals surface area contributed by atoms with Crippen LogP contribution in [0.3, 0.4) is 0 Å². The first-order valence-electron chi connectivity index (χ1n) is 4.28. The zero-order valence-electron chi connectivity index (χ0n) is 6.90. The first-order chi connectivity index (χ1) is 5.92. The summed E-state index contributed by atoms with van der Waals surface area (Å²) in [4.78, 5) is 2.20. The van der Waals surface area contributed by atoms with E-state index in [4.69, 9.17) is 5.11 Å². The first kappa shape index (κ1) is 7.61. The van der Waals surface area contributed by atoms with Crippen LogP contribution >= 0.6 is 0 Å². The third-order valence-corrected chi connectivity index (χ3v) is 2.40. The molecule has 0 radical (unpaired) electrons. The van der Waals surface area contributed by atoms with Crippen LogP contribution < -0.4 is 4.90 Å². The topological polar surface area (TPSA) is 52.1 Å². The number of anilines is 1. The van der Waals surface area contributed by atoms with E-state index in [9.17, 15) is 0 Å². The number of aromatic amines is 1. The highest BCUT2D eigenvalue weighted by Gasteiger charge is 2.24. The summed E-state index contributed by atoms with van der Waals surface area (Å²) in [7, 11) is 0. The molecular weight excluding hydrogens is 154 g/mol. The van der Waals surface area contributed by atoms with Crippen LogP contribution in [-0.4, -0.2) is 34.5 Å². The Labute approximate surface area is 71.2 Å². The van der Waals surface area contributed by atoms with Crippen molar-refractivity contribution < 1.29 is 5.11 Å². The largest absolute Gasteiger partial charge is 0.394 e. The molecule has 4 nitrogen and oxygen atoms in total. The Bertz CT molecular complexity index is 234. The zero-order valence-corrected chi connectivity index (χ0v) is 6.90. The minimum atomic E-state index is 0.241. The minimum absolute atomic E-state index is 0.241. The van der Waals surface area contributed by atoms with E-state index < -0.39 is 0 Å². The van der Waals surface area contributed by atoms with E-state index in [2.05, 4.69) is 15.1 Å². The molecule has 0 spiro atoms. The molecule has 1 saturated heterocycles. The first-order valence-corrected chi connectivity index (χ1v) is 4.28. The van der Waals surface area contributed by atoms with Gasteiger partial charge in [-0.1, -0.05) is 0 Å². The van der Waals surface area contributed by atoms with Crippen molar-refractivity contribution in [3.05, 3.63) is 12.4 Å². The lowest BCUT2D eigenvalue weighted by Gasteiger charge is -2.22. The van der Waals surface area contributed by atoms with Gasteiger partial charge in [-0.15, -0.1) is 0 Å². The molecule has 2 heterocycles. The van der Waals surface area contributed by atoms with Crippen molar-refractivity contribution in [1.82, 2.24) is 10.2 Å². The Morgan fingerprint density at radius 2 is 2.67 bits per heavy atom. The van der Waals surface area contributed by atoms with Crippen molar-refractivity contribution in [2.75, 3.05) is 18.1 Å². The predicted octanol–water partition coefficient (Wildman–Crippen LogP) is 0.371. The molecule has 1 aromatic rings. The smallest absolute Gasteiger partial charge is 0.0753 e. The normalized spacial score (nSPS) is 23.4. The Morgan fingerprint density at radius 3 is 3.33 bits per heavy atom. The molecule has 2 N–H and O–H groups in total. The number of aromatic nitrogens is 2. The van der Waals surface area contributed by atoms with Crippen molar-refractivity contribution >= 4 is 5.69 Å². The van der Waals surface area contributed by atoms with Crippen molar-refractivity contribution in [2.24, 2.45) is 0 Å². The van der Waals surface area contributed by atoms with E-state index >= 15 is 0 Å². The van der Waals surface area contributed by atoms with Crippen molar-refractivity contribution in [3.63, 3.8) is 0 Å². The average Bonchev–Trinajstić information content (AvgIpc) is 2.74. The number of aliphatic hydroxyl groups is 1. The predicted molar refractivity (Wildman–Crippen MR) is 46.0 cm³/mol. The van der Waals surface area contributed by atoms with E-state index in [1.54, 1.807) is 6.20 Å². The fourth-order valence-corrected chi connectivity index (χ4v) is 1.77. The maximum absolute atomic E-state index is 9.06. The molecule has 12 heavy (non-hydrogen) atoms. The zero-order chi connectivity index (χ0) is 8.39. The average molecular weight is 167 g/mol. The van der Waals surface area contributed by atoms with E-state index in [-0.39, 0.29) is 6.61 Å². The summed E-state index contributed by atoms with van der Waals surface area (Å²) in [5.41, 5.74) is 1.09. The Kier molecular flexibility index (Phi) is 1.99. The standard InChI is InChI=1S/C8H13N3O/c12-6-7-2-1-3-11(7)8-4-9-10-5-8/h4-5,7,12H,1-3,6H2,(H,9,10)/t7-/m1/s1. The highest BCUT2D eigenvalue weighted by Crippen LogP contribution is 2.23. The van der Waals surface area contributed by atoms with Gasteiger partial charge in [-0.3, -0.25) is 5.10 Å². The Morgan fingerprint density at radius 1 is 1.75 bits per heavy atom. The van der Waals surface area contributed by atoms with Gasteiger partial charge in [0.25, 0.3) is 0 Å². The van der Waals surface area contributed by atoms with Gasteiger partial charge >= 0.3 is 0 Å². The van der Waals surface area contributed by atoms with E-state index in [0.717, 1.165) is 25.1 Å². The number of hydrogen-bond donors (Lipinski definition) is 2. The van der Waals surface area contributed by atoms with Crippen LogP contribution in [0.5, 0.6) is 0 Å². The number of H-pyrrole nitrogens is 1. The molecule has 0 aromatic carbocycles. The summed E-state index contributed by atoms with van der Waals surface area (Å²) in [5.74, 6) is 0. The maximum atomic E-state index is 9.06. The Balaban J connectivity index is 2.13. The van der Waals surface area contributed by atoms with Crippen LogP contribution in [0.25, 0.3) is 0 Å². The fourth-order valence-electron chi connectivity index (χ4n) is 1.77. The van der Waals surface area contributed by atoms with Crippen LogP contribution in [0.4, 0.5) is 5.69 Å². The van der Waals surface area contributed by atoms with Gasteiger partial charge in [0.05, 0.1) is 24.5 Å². The lowest BCUT2D eigenvalue weighted by Crippen LogP contribution is -2.31. The van der Waals surface area contributed by atoms with Gasteiger partial charge in [-0.2, -0.15) is 5.10 Å². The fraction of sp³-hybridized carbons (Fsp3) is 0.625. The Hall–Kier alpha value is -1.03. The minimum Gasteiger partial charge on any atom is -0.394 e. The molecule has 0 bridgehead atoms. The molecule has 66 valence electrons. The summed E-state index contributed by atoms with van der Waals surface area (Å²) in [6, 6.07) is 0.294. The van der Waals surface area contributed by atoms with Gasteiger partial charge in [0.15, 0.2) is 0 Å². The van der Waals surface area contributed by atoms with Crippen molar-refractivity contribution in [3.8, 4) is 0 Å². The van der Waals surface area contributed by atoms with Crippen LogP contribution in [0.15, 0.2) is 12.4 Å². The molecule has 0 unspecified atom stereocenters. The quantitative estimate of drug-likeness (QED) is 0.669. The van der Waals surface area contributed by atoms with Crippen molar-refractivity contribution in [2.45, 2.75) is 18.9 Å². The van der Waals surface area contributed by atoms with Gasteiger partial charge in [0.1, 0.15) is 0 Å². The lowest BCUT2D eigenvalue weighted by molar-refractivity contribution is 0.266. The lowest BCUT2D eigenvalue weighted by atomic mass is 10.2. The number of rotatable bonds is 2. The molecule has 1 fully saturated rings. The van der Waals surface area contributed by atoms with Gasteiger partial charge in [0, 0.05) is 12.7 Å². The summed E-state index contributed by atoms with van der Waals surface area (Å²) in [6.45, 7) is 1.27. The molecule has 0 saturated carbocycles. The SMILES string of the molecule is OC[C@H]1CCCN1c1cn[nH]c1. The molecule has 4 heteroatoms. The molecule has 1 atom stereocenters. The van der Waals surface area contributed by atoms with Gasteiger partial charge < -0.3 is 10.0 Å². The second-order valence-corrected chi connectivity index (χ2v) is 3.13. The monoisotopic (exact) mass is 167 g/mol. The van der Waals surface area contributed by atoms with Crippen LogP contribution in [0.1, 0.15) is 12.8 Å². The van der Waals surface area contributed by atoms with Gasteiger partial charge in [-0.25, -0.2) is 0 Å². The van der Waals surface area contributed by atoms with Crippen LogP contribution in [0, 0.1) is 0 Å². The van der Waals surface area contributed by atoms with Gasteiger partial charge in [-0.05, 0) is 12.8 Å². The third-order valence-electron chi connectivity index (χ3n) is 2.40. The maximum Gasteiger partial charge on any atom is 0.0753 e. The molecule has 1 aliphatic rings. The van der Waals surface area contributed by atoms with Crippen LogP contribution in [0.2, 0.25) is 0 Å². The highest BCUT2D eigenvalue weighted by molar-refractivity contribution is 5.44. The molecule has 1 aromatic heterocycles. The summed E-state index contributed by atoms with van der Waals surface area (Å²) >= 11 is 0. The highest BCUT2D eigenvalue weighted by atomic mass is 16.3. The molecule has 1 aliphatic heterocycles. The second kappa shape index (κ2) is 3.15. The number of aliphatic hydroxyl groups excluding tert-OH is 1. The number of nitrogens with zero attached hydrogens (tertiary/aromatic N) is 2. The third kappa shape index (κ3) is 1.18. The van der Waals surface area contributed by atoms with Crippen LogP contribution in [-0.2, 0) is 0 Å². The summed E-state index contributed by atoms with van der Waals surface area (Å²) < 4.78 is 0. The van der Waals surface area contributed by atoms with E-state index in [0.29, 0.717) is 6.04 Å². The second-order valence-electron chi connectivity index (χ2n) is 3.13. The van der Waals surface area contributed by atoms with E-state index in [1.165, 1.54) is 0 Å². The summed E-state index contributed by atoms with van der Waals surface area (Å²) in [6.07, 6.45) is 5.92. The number of hydrogen-bond acceptors (Lipinski definition) is 3. The molecule has 0 amide bonds. The summed E-state index contributed by atoms with van der Waals surface area (Å²) in [5, 5.41) is 15.7.